The van der Waals surface area contributed by atoms with Crippen LogP contribution in [0.25, 0.3) is 0 Å². The zero-order chi connectivity index (χ0) is 16.2. The van der Waals surface area contributed by atoms with E-state index >= 15 is 0 Å². The normalized spacial score (nSPS) is 15.7. The lowest BCUT2D eigenvalue weighted by atomic mass is 10.2. The number of aliphatic imine (C=N–C) groups is 1. The number of rotatable bonds is 3. The van der Waals surface area contributed by atoms with Crippen molar-refractivity contribution in [3.8, 4) is 6.19 Å². The van der Waals surface area contributed by atoms with Gasteiger partial charge in [-0.05, 0) is 37.3 Å². The number of anilines is 1. The molecule has 0 radical (unpaired) electrons. The Kier molecular flexibility index (Phi) is 5.32. The Hall–Kier alpha value is -1.72. The summed E-state index contributed by atoms with van der Waals surface area (Å²) < 4.78 is 24.0. The van der Waals surface area contributed by atoms with Crippen LogP contribution in [0.2, 0.25) is 0 Å². The first kappa shape index (κ1) is 16.6. The molecule has 2 rings (SSSR count). The van der Waals surface area contributed by atoms with Gasteiger partial charge in [0.15, 0.2) is 21.2 Å². The largest absolute Gasteiger partial charge is 0.370 e. The first-order valence-corrected chi connectivity index (χ1v) is 9.94. The van der Waals surface area contributed by atoms with Crippen LogP contribution in [0.5, 0.6) is 0 Å². The number of hydrogen-bond acceptors (Lipinski definition) is 6. The van der Waals surface area contributed by atoms with E-state index in [0.717, 1.165) is 25.9 Å². The van der Waals surface area contributed by atoms with Gasteiger partial charge in [0.1, 0.15) is 0 Å². The van der Waals surface area contributed by atoms with Crippen molar-refractivity contribution in [1.82, 2.24) is 5.32 Å². The third kappa shape index (κ3) is 3.93. The molecule has 1 fully saturated rings. The second-order valence-corrected chi connectivity index (χ2v) is 7.76. The number of benzene rings is 1. The van der Waals surface area contributed by atoms with E-state index in [1.54, 1.807) is 18.2 Å². The molecule has 1 aromatic rings. The van der Waals surface area contributed by atoms with E-state index in [1.165, 1.54) is 18.0 Å². The number of thioether (sulfide) groups is 1. The maximum absolute atomic E-state index is 12.0. The molecule has 0 aliphatic carbocycles. The Morgan fingerprint density at radius 2 is 2.09 bits per heavy atom. The van der Waals surface area contributed by atoms with Gasteiger partial charge in [0.05, 0.1) is 16.3 Å². The van der Waals surface area contributed by atoms with Crippen LogP contribution in [0.15, 0.2) is 28.1 Å². The maximum atomic E-state index is 12.0. The minimum atomic E-state index is -3.30. The summed E-state index contributed by atoms with van der Waals surface area (Å²) in [5.41, 5.74) is 1.32. The molecule has 0 amide bonds. The number of amidine groups is 1. The van der Waals surface area contributed by atoms with Gasteiger partial charge < -0.3 is 4.90 Å². The summed E-state index contributed by atoms with van der Waals surface area (Å²) in [6.07, 6.45) is 6.99. The molecule has 0 atom stereocenters. The van der Waals surface area contributed by atoms with Crippen LogP contribution in [0.4, 0.5) is 11.4 Å². The lowest BCUT2D eigenvalue weighted by molar-refractivity contribution is 0.601. The van der Waals surface area contributed by atoms with Crippen LogP contribution >= 0.6 is 11.8 Å². The molecule has 1 N–H and O–H groups in total. The molecule has 1 aliphatic heterocycles. The number of sulfone groups is 1. The van der Waals surface area contributed by atoms with E-state index in [2.05, 4.69) is 15.2 Å². The van der Waals surface area contributed by atoms with Crippen molar-refractivity contribution in [2.24, 2.45) is 4.99 Å². The highest BCUT2D eigenvalue weighted by Crippen LogP contribution is 2.32. The molecule has 1 aromatic carbocycles. The van der Waals surface area contributed by atoms with Crippen molar-refractivity contribution in [2.45, 2.75) is 17.7 Å². The van der Waals surface area contributed by atoms with Crippen molar-refractivity contribution in [3.63, 3.8) is 0 Å². The summed E-state index contributed by atoms with van der Waals surface area (Å²) in [6.45, 7) is 1.70. The van der Waals surface area contributed by atoms with Crippen molar-refractivity contribution in [1.29, 1.82) is 5.26 Å². The molecule has 0 spiro atoms. The Morgan fingerprint density at radius 3 is 2.64 bits per heavy atom. The molecular formula is C14H18N4O2S2. The Morgan fingerprint density at radius 1 is 1.41 bits per heavy atom. The zero-order valence-electron chi connectivity index (χ0n) is 12.5. The van der Waals surface area contributed by atoms with Crippen molar-refractivity contribution >= 4 is 38.1 Å². The molecule has 6 nitrogen and oxygen atoms in total. The fourth-order valence-corrected chi connectivity index (χ4v) is 3.61. The third-order valence-electron chi connectivity index (χ3n) is 3.38. The zero-order valence-corrected chi connectivity index (χ0v) is 14.2. The van der Waals surface area contributed by atoms with Gasteiger partial charge in [-0.15, -0.1) is 0 Å². The highest BCUT2D eigenvalue weighted by molar-refractivity contribution is 8.13. The number of nitrogens with zero attached hydrogens (tertiary/aromatic N) is 3. The Bertz CT molecular complexity index is 717. The van der Waals surface area contributed by atoms with E-state index in [0.29, 0.717) is 21.4 Å². The van der Waals surface area contributed by atoms with Crippen LogP contribution in [0, 0.1) is 11.5 Å². The smallest absolute Gasteiger partial charge is 0.183 e. The molecule has 0 unspecified atom stereocenters. The topological polar surface area (TPSA) is 85.6 Å². The Balaban J connectivity index is 2.47. The van der Waals surface area contributed by atoms with E-state index < -0.39 is 9.84 Å². The van der Waals surface area contributed by atoms with E-state index in [4.69, 9.17) is 5.26 Å². The van der Waals surface area contributed by atoms with Crippen LogP contribution in [-0.2, 0) is 9.84 Å². The predicted molar refractivity (Wildman–Crippen MR) is 90.4 cm³/mol. The van der Waals surface area contributed by atoms with Crippen LogP contribution in [0.1, 0.15) is 12.8 Å². The van der Waals surface area contributed by atoms with Gasteiger partial charge in [-0.3, -0.25) is 5.32 Å². The predicted octanol–water partition coefficient (Wildman–Crippen LogP) is 2.11. The van der Waals surface area contributed by atoms with E-state index in [9.17, 15) is 8.42 Å². The van der Waals surface area contributed by atoms with Crippen molar-refractivity contribution in [2.75, 3.05) is 30.5 Å². The van der Waals surface area contributed by atoms with E-state index in [1.807, 2.05) is 12.4 Å². The number of hydrogen-bond donors (Lipinski definition) is 1. The summed E-state index contributed by atoms with van der Waals surface area (Å²) in [7, 11) is -3.30. The first-order chi connectivity index (χ1) is 10.5. The molecule has 1 heterocycles. The molecular weight excluding hydrogens is 320 g/mol. The quantitative estimate of drug-likeness (QED) is 0.393. The van der Waals surface area contributed by atoms with Gasteiger partial charge in [-0.2, -0.15) is 5.26 Å². The van der Waals surface area contributed by atoms with Gasteiger partial charge >= 0.3 is 0 Å². The summed E-state index contributed by atoms with van der Waals surface area (Å²) in [5.74, 6) is 0. The molecule has 0 saturated carbocycles. The maximum Gasteiger partial charge on any atom is 0.183 e. The number of nitrogens with one attached hydrogen (secondary N) is 1. The Labute approximate surface area is 135 Å². The fourth-order valence-electron chi connectivity index (χ4n) is 2.38. The minimum Gasteiger partial charge on any atom is -0.370 e. The molecule has 0 aromatic heterocycles. The lowest BCUT2D eigenvalue weighted by Gasteiger charge is -2.21. The third-order valence-corrected chi connectivity index (χ3v) is 5.10. The molecule has 22 heavy (non-hydrogen) atoms. The first-order valence-electron chi connectivity index (χ1n) is 6.82. The van der Waals surface area contributed by atoms with Crippen LogP contribution < -0.4 is 10.2 Å². The average molecular weight is 338 g/mol. The second kappa shape index (κ2) is 7.03. The van der Waals surface area contributed by atoms with Gasteiger partial charge in [0, 0.05) is 19.3 Å². The molecule has 8 heteroatoms. The van der Waals surface area contributed by atoms with Gasteiger partial charge in [-0.25, -0.2) is 13.4 Å². The van der Waals surface area contributed by atoms with E-state index in [-0.39, 0.29) is 0 Å². The summed E-state index contributed by atoms with van der Waals surface area (Å²) in [5, 5.41) is 11.7. The SMILES string of the molecule is CSC(=Nc1ccc(S(C)(=O)=O)c(N2CCCC2)c1)NC#N. The van der Waals surface area contributed by atoms with Crippen molar-refractivity contribution in [3.05, 3.63) is 18.2 Å². The van der Waals surface area contributed by atoms with Crippen LogP contribution in [0.3, 0.4) is 0 Å². The molecule has 1 saturated heterocycles. The van der Waals surface area contributed by atoms with Crippen molar-refractivity contribution < 1.29 is 8.42 Å². The monoisotopic (exact) mass is 338 g/mol. The summed E-state index contributed by atoms with van der Waals surface area (Å²) in [4.78, 5) is 6.75. The van der Waals surface area contributed by atoms with Crippen LogP contribution in [-0.4, -0.2) is 39.2 Å². The standard InChI is InChI=1S/C14H18N4O2S2/c1-21-14(16-10-15)17-11-5-6-13(22(2,19)20)12(9-11)18-7-3-4-8-18/h5-6,9H,3-4,7-8H2,1-2H3,(H,16,17). The number of nitriles is 1. The molecule has 118 valence electrons. The van der Waals surface area contributed by atoms with Gasteiger partial charge in [0.25, 0.3) is 0 Å². The molecule has 0 bridgehead atoms. The average Bonchev–Trinajstić information content (AvgIpc) is 2.99. The second-order valence-electron chi connectivity index (χ2n) is 4.98. The fraction of sp³-hybridized carbons (Fsp3) is 0.429. The summed E-state index contributed by atoms with van der Waals surface area (Å²) >= 11 is 1.32. The highest BCUT2D eigenvalue weighted by Gasteiger charge is 2.21. The van der Waals surface area contributed by atoms with Gasteiger partial charge in [0.2, 0.25) is 0 Å². The highest BCUT2D eigenvalue weighted by atomic mass is 32.2. The summed E-state index contributed by atoms with van der Waals surface area (Å²) in [6, 6.07) is 5.02. The van der Waals surface area contributed by atoms with Gasteiger partial charge in [-0.1, -0.05) is 11.8 Å². The lowest BCUT2D eigenvalue weighted by Crippen LogP contribution is -2.20. The minimum absolute atomic E-state index is 0.326. The molecule has 1 aliphatic rings.